The molecule has 0 heterocycles. The number of benzene rings is 2. The molecule has 6 rings (SSSR count). The molecule has 4 aliphatic carbocycles. The van der Waals surface area contributed by atoms with Gasteiger partial charge in [0.1, 0.15) is 0 Å². The van der Waals surface area contributed by atoms with E-state index in [-0.39, 0.29) is 5.41 Å². The van der Waals surface area contributed by atoms with Crippen molar-refractivity contribution in [1.82, 2.24) is 0 Å². The van der Waals surface area contributed by atoms with Crippen LogP contribution < -0.4 is 4.72 Å². The minimum atomic E-state index is -3.63. The Morgan fingerprint density at radius 1 is 0.929 bits per heavy atom. The fourth-order valence-electron chi connectivity index (χ4n) is 6.37. The molecule has 0 radical (unpaired) electrons. The second-order valence-electron chi connectivity index (χ2n) is 9.24. The summed E-state index contributed by atoms with van der Waals surface area (Å²) in [7, 11) is -3.63. The van der Waals surface area contributed by atoms with Crippen molar-refractivity contribution in [2.75, 3.05) is 4.72 Å². The van der Waals surface area contributed by atoms with Gasteiger partial charge in [0, 0.05) is 5.02 Å². The first-order chi connectivity index (χ1) is 13.3. The number of rotatable bonds is 4. The third-order valence-corrected chi connectivity index (χ3v) is 9.12. The van der Waals surface area contributed by atoms with Crippen molar-refractivity contribution in [3.05, 3.63) is 58.6 Å². The Bertz CT molecular complexity index is 978. The van der Waals surface area contributed by atoms with E-state index in [1.54, 1.807) is 30.3 Å². The molecule has 0 amide bonds. The number of anilines is 1. The smallest absolute Gasteiger partial charge is 0.261 e. The lowest BCUT2D eigenvalue weighted by Crippen LogP contribution is -2.48. The van der Waals surface area contributed by atoms with Crippen LogP contribution in [-0.4, -0.2) is 8.42 Å². The average molecular weight is 416 g/mol. The van der Waals surface area contributed by atoms with Gasteiger partial charge in [0.2, 0.25) is 0 Å². The summed E-state index contributed by atoms with van der Waals surface area (Å²) in [4.78, 5) is 0.306. The van der Waals surface area contributed by atoms with Gasteiger partial charge in [0.25, 0.3) is 10.0 Å². The Morgan fingerprint density at radius 3 is 2.07 bits per heavy atom. The van der Waals surface area contributed by atoms with Crippen LogP contribution in [0.3, 0.4) is 0 Å². The van der Waals surface area contributed by atoms with E-state index in [0.29, 0.717) is 15.6 Å². The van der Waals surface area contributed by atoms with Gasteiger partial charge >= 0.3 is 0 Å². The number of halogens is 1. The molecule has 5 heteroatoms. The number of sulfonamides is 1. The van der Waals surface area contributed by atoms with Crippen molar-refractivity contribution in [3.8, 4) is 0 Å². The monoisotopic (exact) mass is 415 g/mol. The normalized spacial score (nSPS) is 31.1. The van der Waals surface area contributed by atoms with E-state index < -0.39 is 10.0 Å². The molecule has 148 valence electrons. The van der Waals surface area contributed by atoms with Crippen molar-refractivity contribution in [1.29, 1.82) is 0 Å². The summed E-state index contributed by atoms with van der Waals surface area (Å²) >= 11 is 6.12. The van der Waals surface area contributed by atoms with Crippen molar-refractivity contribution in [3.63, 3.8) is 0 Å². The Kier molecular flexibility index (Phi) is 4.29. The standard InChI is InChI=1S/C23H26ClNO2S/c1-15-21(24)3-2-4-22(15)25-28(26,27)20-7-5-19(6-8-20)23-12-16-9-17(13-23)11-18(10-16)14-23/h2-8,16-18,25H,9-14H2,1H3. The Hall–Kier alpha value is -1.52. The minimum absolute atomic E-state index is 0.286. The van der Waals surface area contributed by atoms with E-state index in [9.17, 15) is 8.42 Å². The molecule has 2 aromatic carbocycles. The van der Waals surface area contributed by atoms with Crippen LogP contribution >= 0.6 is 11.6 Å². The van der Waals surface area contributed by atoms with E-state index in [1.807, 2.05) is 6.92 Å². The average Bonchev–Trinajstić information content (AvgIpc) is 2.64. The second kappa shape index (κ2) is 6.50. The highest BCUT2D eigenvalue weighted by Gasteiger charge is 2.51. The van der Waals surface area contributed by atoms with Gasteiger partial charge in [-0.25, -0.2) is 8.42 Å². The summed E-state index contributed by atoms with van der Waals surface area (Å²) in [6, 6.07) is 12.9. The molecule has 4 aliphatic rings. The van der Waals surface area contributed by atoms with Gasteiger partial charge in [-0.15, -0.1) is 0 Å². The summed E-state index contributed by atoms with van der Waals surface area (Å²) in [6.45, 7) is 1.82. The maximum Gasteiger partial charge on any atom is 0.261 e. The number of hydrogen-bond acceptors (Lipinski definition) is 2. The van der Waals surface area contributed by atoms with Crippen LogP contribution in [0.5, 0.6) is 0 Å². The van der Waals surface area contributed by atoms with Gasteiger partial charge in [-0.1, -0.05) is 29.8 Å². The van der Waals surface area contributed by atoms with Gasteiger partial charge in [-0.2, -0.15) is 0 Å². The lowest BCUT2D eigenvalue weighted by molar-refractivity contribution is -0.00521. The third kappa shape index (κ3) is 3.05. The van der Waals surface area contributed by atoms with E-state index in [2.05, 4.69) is 16.9 Å². The van der Waals surface area contributed by atoms with Gasteiger partial charge < -0.3 is 0 Å². The zero-order chi connectivity index (χ0) is 19.5. The van der Waals surface area contributed by atoms with E-state index in [4.69, 9.17) is 11.6 Å². The number of nitrogens with one attached hydrogen (secondary N) is 1. The fraction of sp³-hybridized carbons (Fsp3) is 0.478. The highest BCUT2D eigenvalue weighted by molar-refractivity contribution is 7.92. The Balaban J connectivity index is 1.41. The molecule has 0 atom stereocenters. The molecule has 4 saturated carbocycles. The van der Waals surface area contributed by atoms with Gasteiger partial charge in [-0.05, 0) is 104 Å². The predicted octanol–water partition coefficient (Wildman–Crippen LogP) is 5.92. The fourth-order valence-corrected chi connectivity index (χ4v) is 7.67. The maximum atomic E-state index is 12.9. The highest BCUT2D eigenvalue weighted by atomic mass is 35.5. The molecular formula is C23H26ClNO2S. The first-order valence-electron chi connectivity index (χ1n) is 10.2. The van der Waals surface area contributed by atoms with Crippen LogP contribution in [0.25, 0.3) is 0 Å². The Morgan fingerprint density at radius 2 is 1.50 bits per heavy atom. The van der Waals surface area contributed by atoms with Gasteiger partial charge in [0.05, 0.1) is 10.6 Å². The van der Waals surface area contributed by atoms with Crippen LogP contribution in [0.4, 0.5) is 5.69 Å². The van der Waals surface area contributed by atoms with Crippen molar-refractivity contribution >= 4 is 27.3 Å². The van der Waals surface area contributed by atoms with Crippen molar-refractivity contribution in [2.24, 2.45) is 17.8 Å². The minimum Gasteiger partial charge on any atom is -0.279 e. The molecule has 0 aliphatic heterocycles. The topological polar surface area (TPSA) is 46.2 Å². The first-order valence-corrected chi connectivity index (χ1v) is 12.1. The summed E-state index contributed by atoms with van der Waals surface area (Å²) < 4.78 is 28.4. The van der Waals surface area contributed by atoms with Crippen LogP contribution in [0, 0.1) is 24.7 Å². The zero-order valence-electron chi connectivity index (χ0n) is 16.1. The third-order valence-electron chi connectivity index (χ3n) is 7.33. The summed E-state index contributed by atoms with van der Waals surface area (Å²) in [5.41, 5.74) is 2.88. The maximum absolute atomic E-state index is 12.9. The molecule has 4 bridgehead atoms. The zero-order valence-corrected chi connectivity index (χ0v) is 17.7. The Labute approximate surface area is 172 Å². The quantitative estimate of drug-likeness (QED) is 0.673. The molecule has 28 heavy (non-hydrogen) atoms. The summed E-state index contributed by atoms with van der Waals surface area (Å²) in [5.74, 6) is 2.63. The van der Waals surface area contributed by atoms with E-state index in [0.717, 1.165) is 23.3 Å². The van der Waals surface area contributed by atoms with Crippen LogP contribution in [-0.2, 0) is 15.4 Å². The summed E-state index contributed by atoms with van der Waals surface area (Å²) in [6.07, 6.45) is 8.08. The molecular weight excluding hydrogens is 390 g/mol. The first kappa shape index (κ1) is 18.5. The second-order valence-corrected chi connectivity index (χ2v) is 11.3. The molecule has 0 aromatic heterocycles. The molecule has 1 N–H and O–H groups in total. The van der Waals surface area contributed by atoms with E-state index in [1.165, 1.54) is 44.1 Å². The molecule has 0 saturated heterocycles. The SMILES string of the molecule is Cc1c(Cl)cccc1NS(=O)(=O)c1ccc(C23CC4CC(CC(C4)C2)C3)cc1. The van der Waals surface area contributed by atoms with Gasteiger partial charge in [-0.3, -0.25) is 4.72 Å². The lowest BCUT2D eigenvalue weighted by Gasteiger charge is -2.57. The molecule has 4 fully saturated rings. The van der Waals surface area contributed by atoms with Crippen molar-refractivity contribution < 1.29 is 8.42 Å². The van der Waals surface area contributed by atoms with Crippen LogP contribution in [0.1, 0.15) is 49.7 Å². The lowest BCUT2D eigenvalue weighted by atomic mass is 9.48. The van der Waals surface area contributed by atoms with Crippen molar-refractivity contribution in [2.45, 2.75) is 55.8 Å². The number of hydrogen-bond donors (Lipinski definition) is 1. The molecule has 0 unspecified atom stereocenters. The summed E-state index contributed by atoms with van der Waals surface area (Å²) in [5, 5.41) is 0.553. The highest BCUT2D eigenvalue weighted by Crippen LogP contribution is 2.60. The molecule has 0 spiro atoms. The van der Waals surface area contributed by atoms with Crippen LogP contribution in [0.15, 0.2) is 47.4 Å². The predicted molar refractivity (Wildman–Crippen MR) is 113 cm³/mol. The largest absolute Gasteiger partial charge is 0.279 e. The molecule has 3 nitrogen and oxygen atoms in total. The van der Waals surface area contributed by atoms with E-state index >= 15 is 0 Å². The van der Waals surface area contributed by atoms with Crippen LogP contribution in [0.2, 0.25) is 5.02 Å². The van der Waals surface area contributed by atoms with Gasteiger partial charge in [0.15, 0.2) is 0 Å². The molecule has 2 aromatic rings.